The van der Waals surface area contributed by atoms with Gasteiger partial charge in [-0.3, -0.25) is 9.48 Å². The van der Waals surface area contributed by atoms with E-state index in [-0.39, 0.29) is 18.0 Å². The number of benzene rings is 3. The van der Waals surface area contributed by atoms with E-state index in [9.17, 15) is 35.2 Å². The Kier molecular flexibility index (Phi) is 7.03. The predicted molar refractivity (Wildman–Crippen MR) is 120 cm³/mol. The van der Waals surface area contributed by atoms with Crippen molar-refractivity contribution in [2.75, 3.05) is 0 Å². The maximum Gasteiger partial charge on any atom is 0.573 e. The Labute approximate surface area is 206 Å². The molecule has 0 radical (unpaired) electrons. The van der Waals surface area contributed by atoms with Crippen LogP contribution in [-0.2, 0) is 16.6 Å². The zero-order valence-corrected chi connectivity index (χ0v) is 19.3. The Morgan fingerprint density at radius 2 is 1.57 bits per heavy atom. The average molecular weight is 541 g/mol. The van der Waals surface area contributed by atoms with E-state index < -0.39 is 39.5 Å². The van der Waals surface area contributed by atoms with Crippen LogP contribution in [0, 0.1) is 0 Å². The fourth-order valence-electron chi connectivity index (χ4n) is 3.41. The lowest BCUT2D eigenvalue weighted by Gasteiger charge is -2.10. The standard InChI is InChI=1S/C23H16F5N3O5S/c24-22(25)35-15-7-5-14(6-8-15)13-31-19-4-2-1-3-18(19)20(29-31)21(32)30-37(33,34)17-11-9-16(10-12-17)36-23(26,27)28/h1-12,22H,13H2,(H,30,32). The fraction of sp³-hybridized carbons (Fsp3) is 0.130. The number of nitrogens with zero attached hydrogens (tertiary/aromatic N) is 2. The predicted octanol–water partition coefficient (Wildman–Crippen LogP) is 4.70. The number of nitrogens with one attached hydrogen (secondary N) is 1. The summed E-state index contributed by atoms with van der Waals surface area (Å²) < 4.78 is 98.3. The van der Waals surface area contributed by atoms with Crippen molar-refractivity contribution in [1.82, 2.24) is 14.5 Å². The smallest absolute Gasteiger partial charge is 0.435 e. The number of ether oxygens (including phenoxy) is 2. The number of fused-ring (bicyclic) bond motifs is 1. The molecule has 3 aromatic carbocycles. The lowest BCUT2D eigenvalue weighted by atomic mass is 10.2. The molecule has 0 aliphatic heterocycles. The van der Waals surface area contributed by atoms with Crippen molar-refractivity contribution in [2.45, 2.75) is 24.4 Å². The maximum absolute atomic E-state index is 12.9. The minimum Gasteiger partial charge on any atom is -0.435 e. The summed E-state index contributed by atoms with van der Waals surface area (Å²) in [5.41, 5.74) is 0.913. The lowest BCUT2D eigenvalue weighted by molar-refractivity contribution is -0.274. The van der Waals surface area contributed by atoms with Crippen LogP contribution >= 0.6 is 0 Å². The highest BCUT2D eigenvalue weighted by molar-refractivity contribution is 7.90. The summed E-state index contributed by atoms with van der Waals surface area (Å²) in [5.74, 6) is -1.73. The highest BCUT2D eigenvalue weighted by atomic mass is 32.2. The number of rotatable bonds is 8. The number of carbonyl (C=O) groups excluding carboxylic acids is 1. The summed E-state index contributed by atoms with van der Waals surface area (Å²) in [6, 6.07) is 15.6. The quantitative estimate of drug-likeness (QED) is 0.325. The van der Waals surface area contributed by atoms with Crippen LogP contribution in [0.15, 0.2) is 77.7 Å². The second-order valence-electron chi connectivity index (χ2n) is 7.50. The van der Waals surface area contributed by atoms with E-state index in [0.717, 1.165) is 24.3 Å². The number of halogens is 5. The molecule has 1 heterocycles. The van der Waals surface area contributed by atoms with Crippen LogP contribution in [0.2, 0.25) is 0 Å². The van der Waals surface area contributed by atoms with Gasteiger partial charge in [-0.2, -0.15) is 13.9 Å². The summed E-state index contributed by atoms with van der Waals surface area (Å²) in [6.07, 6.45) is -4.95. The van der Waals surface area contributed by atoms with E-state index in [1.807, 2.05) is 4.72 Å². The molecule has 0 saturated heterocycles. The van der Waals surface area contributed by atoms with Crippen LogP contribution in [0.1, 0.15) is 16.1 Å². The van der Waals surface area contributed by atoms with Gasteiger partial charge in [0.2, 0.25) is 0 Å². The Balaban J connectivity index is 1.56. The number of carbonyl (C=O) groups is 1. The summed E-state index contributed by atoms with van der Waals surface area (Å²) in [5, 5.41) is 4.57. The molecule has 0 aliphatic carbocycles. The number of para-hydroxylation sites is 1. The number of amides is 1. The second kappa shape index (κ2) is 10.0. The SMILES string of the molecule is O=C(NS(=O)(=O)c1ccc(OC(F)(F)F)cc1)c1nn(Cc2ccc(OC(F)F)cc2)c2ccccc12. The Morgan fingerprint density at radius 1 is 0.946 bits per heavy atom. The van der Waals surface area contributed by atoms with E-state index in [0.29, 0.717) is 16.5 Å². The first-order valence-corrected chi connectivity index (χ1v) is 11.8. The summed E-state index contributed by atoms with van der Waals surface area (Å²) in [6.45, 7) is -2.85. The molecule has 37 heavy (non-hydrogen) atoms. The highest BCUT2D eigenvalue weighted by Gasteiger charge is 2.31. The molecule has 194 valence electrons. The molecule has 0 saturated carbocycles. The largest absolute Gasteiger partial charge is 0.573 e. The number of hydrogen-bond acceptors (Lipinski definition) is 6. The first-order valence-electron chi connectivity index (χ1n) is 10.3. The van der Waals surface area contributed by atoms with Crippen molar-refractivity contribution in [2.24, 2.45) is 0 Å². The van der Waals surface area contributed by atoms with Crippen molar-refractivity contribution in [3.63, 3.8) is 0 Å². The van der Waals surface area contributed by atoms with Gasteiger partial charge >= 0.3 is 13.0 Å². The molecule has 0 spiro atoms. The van der Waals surface area contributed by atoms with Crippen molar-refractivity contribution in [1.29, 1.82) is 0 Å². The highest BCUT2D eigenvalue weighted by Crippen LogP contribution is 2.25. The van der Waals surface area contributed by atoms with Crippen LogP contribution in [0.5, 0.6) is 11.5 Å². The number of sulfonamides is 1. The zero-order chi connectivity index (χ0) is 26.8. The van der Waals surface area contributed by atoms with Crippen LogP contribution in [0.3, 0.4) is 0 Å². The molecule has 1 amide bonds. The van der Waals surface area contributed by atoms with E-state index in [1.165, 1.54) is 28.9 Å². The Bertz CT molecular complexity index is 1520. The van der Waals surface area contributed by atoms with Crippen LogP contribution in [0.25, 0.3) is 10.9 Å². The first-order chi connectivity index (χ1) is 17.4. The Morgan fingerprint density at radius 3 is 2.19 bits per heavy atom. The number of alkyl halides is 5. The third-order valence-electron chi connectivity index (χ3n) is 4.95. The van der Waals surface area contributed by atoms with E-state index >= 15 is 0 Å². The topological polar surface area (TPSA) is 99.5 Å². The molecular weight excluding hydrogens is 525 g/mol. The van der Waals surface area contributed by atoms with Gasteiger partial charge < -0.3 is 9.47 Å². The number of hydrogen-bond donors (Lipinski definition) is 1. The summed E-state index contributed by atoms with van der Waals surface area (Å²) in [7, 11) is -4.46. The molecule has 14 heteroatoms. The molecule has 1 N–H and O–H groups in total. The van der Waals surface area contributed by atoms with Gasteiger partial charge in [-0.15, -0.1) is 13.2 Å². The molecule has 0 atom stereocenters. The van der Waals surface area contributed by atoms with Gasteiger partial charge in [0, 0.05) is 5.39 Å². The Hall–Kier alpha value is -4.20. The molecule has 0 bridgehead atoms. The van der Waals surface area contributed by atoms with Crippen LogP contribution in [-0.4, -0.2) is 37.1 Å². The zero-order valence-electron chi connectivity index (χ0n) is 18.4. The molecule has 4 rings (SSSR count). The van der Waals surface area contributed by atoms with Crippen molar-refractivity contribution in [3.8, 4) is 11.5 Å². The normalized spacial score (nSPS) is 12.1. The fourth-order valence-corrected chi connectivity index (χ4v) is 4.37. The summed E-state index contributed by atoms with van der Waals surface area (Å²) >= 11 is 0. The third kappa shape index (κ3) is 6.33. The van der Waals surface area contributed by atoms with Crippen molar-refractivity contribution < 1.29 is 44.6 Å². The van der Waals surface area contributed by atoms with Gasteiger partial charge in [0.15, 0.2) is 5.69 Å². The van der Waals surface area contributed by atoms with Gasteiger partial charge in [-0.05, 0) is 48.0 Å². The van der Waals surface area contributed by atoms with E-state index in [1.54, 1.807) is 24.3 Å². The molecule has 4 aromatic rings. The van der Waals surface area contributed by atoms with Gasteiger partial charge in [0.25, 0.3) is 15.9 Å². The molecule has 1 aromatic heterocycles. The van der Waals surface area contributed by atoms with Crippen molar-refractivity contribution >= 4 is 26.8 Å². The minimum absolute atomic E-state index is 0.0349. The van der Waals surface area contributed by atoms with E-state index in [4.69, 9.17) is 0 Å². The monoisotopic (exact) mass is 541 g/mol. The van der Waals surface area contributed by atoms with Gasteiger partial charge in [-0.1, -0.05) is 30.3 Å². The maximum atomic E-state index is 12.9. The van der Waals surface area contributed by atoms with Gasteiger partial charge in [0.1, 0.15) is 11.5 Å². The van der Waals surface area contributed by atoms with E-state index in [2.05, 4.69) is 14.6 Å². The van der Waals surface area contributed by atoms with Crippen LogP contribution < -0.4 is 14.2 Å². The van der Waals surface area contributed by atoms with Crippen LogP contribution in [0.4, 0.5) is 22.0 Å². The third-order valence-corrected chi connectivity index (χ3v) is 6.30. The average Bonchev–Trinajstić information content (AvgIpc) is 3.18. The lowest BCUT2D eigenvalue weighted by Crippen LogP contribution is -2.31. The molecular formula is C23H16F5N3O5S. The first kappa shape index (κ1) is 25.9. The second-order valence-corrected chi connectivity index (χ2v) is 9.18. The molecule has 0 aliphatic rings. The minimum atomic E-state index is -4.95. The van der Waals surface area contributed by atoms with Gasteiger partial charge in [0.05, 0.1) is 17.0 Å². The molecule has 0 fully saturated rings. The number of aromatic nitrogens is 2. The molecule has 8 nitrogen and oxygen atoms in total. The van der Waals surface area contributed by atoms with Crippen molar-refractivity contribution in [3.05, 3.63) is 84.1 Å². The summed E-state index contributed by atoms with van der Waals surface area (Å²) in [4.78, 5) is 12.4. The molecule has 0 unspecified atom stereocenters. The van der Waals surface area contributed by atoms with Gasteiger partial charge in [-0.25, -0.2) is 13.1 Å².